The summed E-state index contributed by atoms with van der Waals surface area (Å²) in [5, 5.41) is 0. The number of hydrogen-bond acceptors (Lipinski definition) is 0. The number of allylic oxidation sites excluding steroid dienone is 4. The standard InChI is InChI=1S/3C6H5.C5H5.C4H4P.C3H6.2ClH.Zr/c3*1-2-4-6-5-3-1;2*1-2-4-5-3-1;1-3-2;;;/h3*1-5H;1-3H,4H2;1-3,5H;1-2H3;2*1H;. The Morgan fingerprint density at radius 2 is 1.12 bits per heavy atom. The van der Waals surface area contributed by atoms with E-state index in [9.17, 15) is 0 Å². The van der Waals surface area contributed by atoms with Gasteiger partial charge < -0.3 is 0 Å². The topological polar surface area (TPSA) is 0 Å². The molecule has 5 rings (SSSR count). The monoisotopic (exact) mass is 583 g/mol. The molecule has 1 unspecified atom stereocenters. The van der Waals surface area contributed by atoms with E-state index in [0.717, 1.165) is 6.42 Å². The maximum absolute atomic E-state index is 5.28. The van der Waals surface area contributed by atoms with Crippen molar-refractivity contribution in [1.82, 2.24) is 0 Å². The Morgan fingerprint density at radius 3 is 1.44 bits per heavy atom. The van der Waals surface area contributed by atoms with Crippen molar-refractivity contribution in [2.24, 2.45) is 0 Å². The molecular weight excluding hydrogens is 553 g/mol. The second kappa shape index (κ2) is 9.72. The van der Waals surface area contributed by atoms with E-state index in [4.69, 9.17) is 0 Å². The van der Waals surface area contributed by atoms with Crippen molar-refractivity contribution in [1.29, 1.82) is 0 Å². The van der Waals surface area contributed by atoms with Crippen molar-refractivity contribution in [3.63, 3.8) is 0 Å². The van der Waals surface area contributed by atoms with Gasteiger partial charge in [0.05, 0.1) is 0 Å². The van der Waals surface area contributed by atoms with Gasteiger partial charge in [0, 0.05) is 0 Å². The summed E-state index contributed by atoms with van der Waals surface area (Å²) < 4.78 is 9.23. The fourth-order valence-corrected chi connectivity index (χ4v) is 43.7. The molecule has 34 heavy (non-hydrogen) atoms. The van der Waals surface area contributed by atoms with Gasteiger partial charge in [-0.15, -0.1) is 24.8 Å². The third-order valence-electron chi connectivity index (χ3n) is 8.58. The second-order valence-corrected chi connectivity index (χ2v) is 30.6. The Hall–Kier alpha value is -1.75. The van der Waals surface area contributed by atoms with E-state index in [2.05, 4.69) is 141 Å². The molecule has 0 bridgehead atoms. The zero-order chi connectivity index (χ0) is 22.1. The molecule has 0 saturated carbocycles. The van der Waals surface area contributed by atoms with Crippen molar-refractivity contribution >= 4 is 49.0 Å². The molecule has 0 amide bonds. The van der Waals surface area contributed by atoms with Crippen LogP contribution in [0.2, 0.25) is 0 Å². The number of hydrogen-bond donors (Lipinski definition) is 0. The summed E-state index contributed by atoms with van der Waals surface area (Å²) in [5.74, 6) is 2.38. The van der Waals surface area contributed by atoms with Crippen LogP contribution in [-0.2, 0) is 16.8 Å². The van der Waals surface area contributed by atoms with E-state index >= 15 is 0 Å². The van der Waals surface area contributed by atoms with Crippen LogP contribution in [0.15, 0.2) is 130 Å². The van der Waals surface area contributed by atoms with Gasteiger partial charge in [0.25, 0.3) is 0 Å². The molecule has 3 aromatic carbocycles. The first-order valence-corrected chi connectivity index (χ1v) is 19.9. The zero-order valence-corrected chi connectivity index (χ0v) is 24.7. The first-order chi connectivity index (χ1) is 15.7. The third kappa shape index (κ3) is 2.79. The summed E-state index contributed by atoms with van der Waals surface area (Å²) in [6.07, 6.45) is 8.09. The molecule has 0 aliphatic heterocycles. The van der Waals surface area contributed by atoms with Crippen LogP contribution in [0.1, 0.15) is 20.3 Å². The summed E-state index contributed by atoms with van der Waals surface area (Å²) >= 11 is -5.28. The first kappa shape index (κ1) is 26.9. The fraction of sp³-hybridized carbons (Fsp3) is 0.100. The van der Waals surface area contributed by atoms with Gasteiger partial charge in [0.2, 0.25) is 0 Å². The minimum absolute atomic E-state index is 0. The number of rotatable bonds is 5. The minimum Gasteiger partial charge on any atom is -0.147 e. The molecular formula is C30H32Cl2PZr. The SMILES string of the molecule is C[C](C)=[Zr]([C]1=CC=CC1)([c]1ccccc1)([c]1ccccc1)([c]1ccccc1)[c]1ccc[pH]1.Cl.Cl. The Kier molecular flexibility index (Phi) is 7.67. The van der Waals surface area contributed by atoms with Gasteiger partial charge in [-0.25, -0.2) is 0 Å². The van der Waals surface area contributed by atoms with E-state index in [1.807, 2.05) is 0 Å². The quantitative estimate of drug-likeness (QED) is 0.253. The van der Waals surface area contributed by atoms with E-state index in [1.165, 1.54) is 9.81 Å². The fourth-order valence-electron chi connectivity index (χ4n) is 7.35. The molecule has 1 aliphatic carbocycles. The molecule has 0 fully saturated rings. The zero-order valence-electron chi connectivity index (χ0n) is 19.6. The van der Waals surface area contributed by atoms with Gasteiger partial charge in [-0.2, -0.15) is 0 Å². The van der Waals surface area contributed by atoms with Crippen LogP contribution in [0, 0.1) is 0 Å². The molecule has 4 heteroatoms. The van der Waals surface area contributed by atoms with Crippen molar-refractivity contribution in [3.8, 4) is 0 Å². The summed E-state index contributed by atoms with van der Waals surface area (Å²) in [6, 6.07) is 39.2. The molecule has 1 aromatic heterocycles. The van der Waals surface area contributed by atoms with Crippen molar-refractivity contribution in [2.45, 2.75) is 20.3 Å². The molecule has 1 aliphatic rings. The second-order valence-electron chi connectivity index (χ2n) is 9.38. The minimum atomic E-state index is -5.28. The van der Waals surface area contributed by atoms with Crippen LogP contribution in [0.25, 0.3) is 0 Å². The summed E-state index contributed by atoms with van der Waals surface area (Å²) in [7, 11) is 0.670. The van der Waals surface area contributed by atoms with E-state index in [0.29, 0.717) is 8.19 Å². The van der Waals surface area contributed by atoms with Crippen molar-refractivity contribution < 1.29 is 16.8 Å². The smallest absolute Gasteiger partial charge is 0.147 e. The molecule has 1 atom stereocenters. The summed E-state index contributed by atoms with van der Waals surface area (Å²) in [5.41, 5.74) is 0. The van der Waals surface area contributed by atoms with Crippen LogP contribution >= 0.6 is 33.0 Å². The normalized spacial score (nSPS) is 14.9. The van der Waals surface area contributed by atoms with Crippen LogP contribution in [0.3, 0.4) is 0 Å². The molecule has 175 valence electrons. The molecule has 4 aromatic rings. The van der Waals surface area contributed by atoms with Crippen LogP contribution < -0.4 is 12.8 Å². The molecule has 0 radical (unpaired) electrons. The average molecular weight is 586 g/mol. The number of benzene rings is 3. The average Bonchev–Trinajstić information content (AvgIpc) is 3.59. The third-order valence-corrected chi connectivity index (χ3v) is 42.0. The maximum Gasteiger partial charge on any atom is -0.147 e. The van der Waals surface area contributed by atoms with Crippen LogP contribution in [0.4, 0.5) is 0 Å². The van der Waals surface area contributed by atoms with Crippen molar-refractivity contribution in [3.05, 3.63) is 130 Å². The van der Waals surface area contributed by atoms with Crippen LogP contribution in [-0.4, -0.2) is 3.21 Å². The molecule has 1 heterocycles. The van der Waals surface area contributed by atoms with Crippen LogP contribution in [0.5, 0.6) is 0 Å². The molecule has 0 nitrogen and oxygen atoms in total. The van der Waals surface area contributed by atoms with Gasteiger partial charge in [0.15, 0.2) is 0 Å². The maximum atomic E-state index is 2.47. The largest absolute Gasteiger partial charge is 0.147 e. The predicted molar refractivity (Wildman–Crippen MR) is 156 cm³/mol. The Bertz CT molecular complexity index is 1300. The van der Waals surface area contributed by atoms with E-state index < -0.39 is 16.8 Å². The van der Waals surface area contributed by atoms with Gasteiger partial charge in [0.1, 0.15) is 0 Å². The Morgan fingerprint density at radius 1 is 0.647 bits per heavy atom. The van der Waals surface area contributed by atoms with Gasteiger partial charge in [-0.05, 0) is 0 Å². The van der Waals surface area contributed by atoms with Crippen molar-refractivity contribution in [2.75, 3.05) is 0 Å². The Labute approximate surface area is 215 Å². The first-order valence-electron chi connectivity index (χ1n) is 11.4. The summed E-state index contributed by atoms with van der Waals surface area (Å²) in [4.78, 5) is 0. The molecule has 0 N–H and O–H groups in total. The Balaban J connectivity index is 0.00000162. The predicted octanol–water partition coefficient (Wildman–Crippen LogP) is 6.44. The van der Waals surface area contributed by atoms with E-state index in [1.54, 1.807) is 9.49 Å². The molecule has 0 spiro atoms. The molecule has 0 saturated heterocycles. The van der Waals surface area contributed by atoms with Gasteiger partial charge in [-0.1, -0.05) is 0 Å². The number of halogens is 2. The van der Waals surface area contributed by atoms with Gasteiger partial charge in [-0.3, -0.25) is 0 Å². The summed E-state index contributed by atoms with van der Waals surface area (Å²) in [6.45, 7) is 4.85. The van der Waals surface area contributed by atoms with Gasteiger partial charge >= 0.3 is 192 Å². The van der Waals surface area contributed by atoms with E-state index in [-0.39, 0.29) is 24.8 Å².